The summed E-state index contributed by atoms with van der Waals surface area (Å²) in [7, 11) is 0. The molecule has 1 aliphatic carbocycles. The minimum atomic E-state index is -0.326. The molecule has 178 valence electrons. The van der Waals surface area contributed by atoms with Gasteiger partial charge in [-0.1, -0.05) is 79.6 Å². The fraction of sp³-hybridized carbons (Fsp3) is 0.276. The minimum absolute atomic E-state index is 0.000865. The van der Waals surface area contributed by atoms with Crippen molar-refractivity contribution in [1.29, 1.82) is 0 Å². The number of para-hydroxylation sites is 1. The summed E-state index contributed by atoms with van der Waals surface area (Å²) < 4.78 is 14.9. The van der Waals surface area contributed by atoms with Crippen LogP contribution in [0.2, 0.25) is 0 Å². The first-order valence-electron chi connectivity index (χ1n) is 12.1. The van der Waals surface area contributed by atoms with Crippen molar-refractivity contribution >= 4 is 28.4 Å². The summed E-state index contributed by atoms with van der Waals surface area (Å²) in [6.07, 6.45) is 6.32. The monoisotopic (exact) mass is 486 g/mol. The van der Waals surface area contributed by atoms with Gasteiger partial charge in [0.1, 0.15) is 5.82 Å². The minimum Gasteiger partial charge on any atom is -0.293 e. The SMILES string of the molecule is O=C(CSc1nc2ccccc2c(=O)n1Cc1ccc(F)cc1)c1ccc(C2CCCCC2)cc1. The van der Waals surface area contributed by atoms with Crippen molar-refractivity contribution in [2.75, 3.05) is 5.75 Å². The zero-order chi connectivity index (χ0) is 24.2. The van der Waals surface area contributed by atoms with Gasteiger partial charge in [-0.05, 0) is 54.2 Å². The van der Waals surface area contributed by atoms with Crippen molar-refractivity contribution in [3.05, 3.63) is 106 Å². The third kappa shape index (κ3) is 5.38. The highest BCUT2D eigenvalue weighted by atomic mass is 32.2. The lowest BCUT2D eigenvalue weighted by atomic mass is 9.84. The maximum atomic E-state index is 13.4. The summed E-state index contributed by atoms with van der Waals surface area (Å²) >= 11 is 1.26. The maximum Gasteiger partial charge on any atom is 0.262 e. The molecule has 0 amide bonds. The van der Waals surface area contributed by atoms with E-state index in [2.05, 4.69) is 12.1 Å². The third-order valence-electron chi connectivity index (χ3n) is 6.72. The molecule has 4 aromatic rings. The molecule has 4 nitrogen and oxygen atoms in total. The molecule has 1 aromatic heterocycles. The molecule has 35 heavy (non-hydrogen) atoms. The molecule has 0 N–H and O–H groups in total. The van der Waals surface area contributed by atoms with E-state index in [0.717, 1.165) is 5.56 Å². The summed E-state index contributed by atoms with van der Waals surface area (Å²) in [6.45, 7) is 0.254. The predicted octanol–water partition coefficient (Wildman–Crippen LogP) is 6.61. The number of nitrogens with zero attached hydrogens (tertiary/aromatic N) is 2. The molecule has 0 atom stereocenters. The molecule has 6 heteroatoms. The fourth-order valence-electron chi connectivity index (χ4n) is 4.76. The number of hydrogen-bond acceptors (Lipinski definition) is 4. The van der Waals surface area contributed by atoms with Crippen molar-refractivity contribution in [3.63, 3.8) is 0 Å². The predicted molar refractivity (Wildman–Crippen MR) is 139 cm³/mol. The Morgan fingerprint density at radius 2 is 1.66 bits per heavy atom. The van der Waals surface area contributed by atoms with E-state index in [9.17, 15) is 14.0 Å². The van der Waals surface area contributed by atoms with Crippen LogP contribution in [0.4, 0.5) is 4.39 Å². The Kier molecular flexibility index (Phi) is 7.09. The van der Waals surface area contributed by atoms with Crippen LogP contribution in [0.3, 0.4) is 0 Å². The fourth-order valence-corrected chi connectivity index (χ4v) is 5.65. The van der Waals surface area contributed by atoms with Crippen molar-refractivity contribution in [1.82, 2.24) is 9.55 Å². The van der Waals surface area contributed by atoms with Crippen molar-refractivity contribution in [2.45, 2.75) is 49.7 Å². The Morgan fingerprint density at radius 1 is 0.943 bits per heavy atom. The van der Waals surface area contributed by atoms with Crippen LogP contribution in [-0.4, -0.2) is 21.1 Å². The number of ketones is 1. The standard InChI is InChI=1S/C29H27FN2O2S/c30-24-16-10-20(11-17-24)18-32-28(34)25-8-4-5-9-26(25)31-29(32)35-19-27(33)23-14-12-22(13-15-23)21-6-2-1-3-7-21/h4-5,8-17,21H,1-3,6-7,18-19H2. The number of benzene rings is 3. The van der Waals surface area contributed by atoms with E-state index in [1.165, 1.54) is 61.6 Å². The first-order valence-corrected chi connectivity index (χ1v) is 13.1. The first kappa shape index (κ1) is 23.5. The van der Waals surface area contributed by atoms with Crippen molar-refractivity contribution in [2.24, 2.45) is 0 Å². The molecule has 1 saturated carbocycles. The van der Waals surface area contributed by atoms with Crippen LogP contribution in [0.5, 0.6) is 0 Å². The summed E-state index contributed by atoms with van der Waals surface area (Å²) in [5.74, 6) is 0.454. The molecular formula is C29H27FN2O2S. The van der Waals surface area contributed by atoms with E-state index in [-0.39, 0.29) is 29.5 Å². The number of thioether (sulfide) groups is 1. The largest absolute Gasteiger partial charge is 0.293 e. The quantitative estimate of drug-likeness (QED) is 0.168. The van der Waals surface area contributed by atoms with Crippen molar-refractivity contribution in [3.8, 4) is 0 Å². The van der Waals surface area contributed by atoms with Gasteiger partial charge in [-0.3, -0.25) is 14.2 Å². The van der Waals surface area contributed by atoms with Gasteiger partial charge in [0.25, 0.3) is 5.56 Å². The number of rotatable bonds is 7. The highest BCUT2D eigenvalue weighted by Crippen LogP contribution is 2.32. The van der Waals surface area contributed by atoms with Gasteiger partial charge in [-0.2, -0.15) is 0 Å². The van der Waals surface area contributed by atoms with Gasteiger partial charge in [0.2, 0.25) is 0 Å². The molecule has 1 aliphatic rings. The number of fused-ring (bicyclic) bond motifs is 1. The lowest BCUT2D eigenvalue weighted by molar-refractivity contribution is 0.102. The second-order valence-corrected chi connectivity index (χ2v) is 10.0. The molecule has 0 unspecified atom stereocenters. The molecule has 1 fully saturated rings. The van der Waals surface area contributed by atoms with Gasteiger partial charge in [-0.25, -0.2) is 9.37 Å². The number of Topliss-reactive ketones (excluding diaryl/α,β-unsaturated/α-hetero) is 1. The topological polar surface area (TPSA) is 52.0 Å². The number of carbonyl (C=O) groups excluding carboxylic acids is 1. The van der Waals surface area contributed by atoms with Crippen LogP contribution in [0.25, 0.3) is 10.9 Å². The lowest BCUT2D eigenvalue weighted by Gasteiger charge is -2.22. The van der Waals surface area contributed by atoms with E-state index in [1.807, 2.05) is 18.2 Å². The molecule has 0 saturated heterocycles. The highest BCUT2D eigenvalue weighted by molar-refractivity contribution is 7.99. The van der Waals surface area contributed by atoms with E-state index < -0.39 is 0 Å². The summed E-state index contributed by atoms with van der Waals surface area (Å²) in [5.41, 5.74) is 3.20. The van der Waals surface area contributed by atoms with Gasteiger partial charge in [0, 0.05) is 5.56 Å². The number of carbonyl (C=O) groups is 1. The van der Waals surface area contributed by atoms with Gasteiger partial charge in [-0.15, -0.1) is 0 Å². The van der Waals surface area contributed by atoms with Crippen LogP contribution in [-0.2, 0) is 6.54 Å². The van der Waals surface area contributed by atoms with Crippen LogP contribution in [0, 0.1) is 5.82 Å². The molecule has 0 bridgehead atoms. The van der Waals surface area contributed by atoms with Gasteiger partial charge in [0.15, 0.2) is 10.9 Å². The lowest BCUT2D eigenvalue weighted by Crippen LogP contribution is -2.24. The zero-order valence-electron chi connectivity index (χ0n) is 19.5. The molecular weight excluding hydrogens is 459 g/mol. The molecule has 0 radical (unpaired) electrons. The number of halogens is 1. The Balaban J connectivity index is 1.37. The zero-order valence-corrected chi connectivity index (χ0v) is 20.3. The van der Waals surface area contributed by atoms with Crippen LogP contribution >= 0.6 is 11.8 Å². The number of hydrogen-bond donors (Lipinski definition) is 0. The smallest absolute Gasteiger partial charge is 0.262 e. The van der Waals surface area contributed by atoms with Crippen LogP contribution < -0.4 is 5.56 Å². The normalized spacial score (nSPS) is 14.3. The van der Waals surface area contributed by atoms with Gasteiger partial charge >= 0.3 is 0 Å². The van der Waals surface area contributed by atoms with Gasteiger partial charge in [0.05, 0.1) is 23.2 Å². The second-order valence-electron chi connectivity index (χ2n) is 9.10. The molecule has 5 rings (SSSR count). The molecule has 1 heterocycles. The molecule has 3 aromatic carbocycles. The van der Waals surface area contributed by atoms with Crippen molar-refractivity contribution < 1.29 is 9.18 Å². The maximum absolute atomic E-state index is 13.4. The molecule has 0 spiro atoms. The third-order valence-corrected chi connectivity index (χ3v) is 7.70. The molecule has 0 aliphatic heterocycles. The summed E-state index contributed by atoms with van der Waals surface area (Å²) in [6, 6.07) is 21.3. The summed E-state index contributed by atoms with van der Waals surface area (Å²) in [4.78, 5) is 30.9. The van der Waals surface area contributed by atoms with E-state index in [0.29, 0.717) is 27.5 Å². The number of aromatic nitrogens is 2. The second kappa shape index (κ2) is 10.6. The average molecular weight is 487 g/mol. The van der Waals surface area contributed by atoms with Gasteiger partial charge < -0.3 is 0 Å². The highest BCUT2D eigenvalue weighted by Gasteiger charge is 2.17. The Hall–Kier alpha value is -3.25. The Morgan fingerprint density at radius 3 is 2.40 bits per heavy atom. The average Bonchev–Trinajstić information content (AvgIpc) is 2.91. The Bertz CT molecular complexity index is 1390. The van der Waals surface area contributed by atoms with E-state index >= 15 is 0 Å². The van der Waals surface area contributed by atoms with E-state index in [1.54, 1.807) is 34.9 Å². The van der Waals surface area contributed by atoms with E-state index in [4.69, 9.17) is 4.98 Å². The summed E-state index contributed by atoms with van der Waals surface area (Å²) in [5, 5.41) is 0.994. The van der Waals surface area contributed by atoms with Crippen LogP contribution in [0.15, 0.2) is 82.7 Å². The first-order chi connectivity index (χ1) is 17.1. The Labute approximate surface area is 208 Å². The van der Waals surface area contributed by atoms with Crippen LogP contribution in [0.1, 0.15) is 59.5 Å².